The fraction of sp³-hybridized carbons (Fsp3) is 0.733. The van der Waals surface area contributed by atoms with E-state index in [1.54, 1.807) is 9.58 Å². The van der Waals surface area contributed by atoms with Crippen molar-refractivity contribution in [2.24, 2.45) is 13.0 Å². The van der Waals surface area contributed by atoms with Crippen LogP contribution in [0.5, 0.6) is 0 Å². The molecule has 2 rings (SSSR count). The number of aliphatic hydroxyl groups excluding tert-OH is 1. The standard InChI is InChI=1S/C15H27N5O2/c1-11-5-6-20(14(11)10-21)15(22)16-8-13(18(2)3)12-7-17-19(4)9-12/h7,9,11,13-14,21H,5-6,8,10H2,1-4H3,(H,16,22)/t11-,13-,14+/m1/s1. The van der Waals surface area contributed by atoms with Crippen LogP contribution in [0.15, 0.2) is 12.4 Å². The number of aryl methyl sites for hydroxylation is 1. The van der Waals surface area contributed by atoms with Crippen molar-refractivity contribution in [2.45, 2.75) is 25.4 Å². The maximum Gasteiger partial charge on any atom is 0.317 e. The third kappa shape index (κ3) is 3.59. The SMILES string of the molecule is C[C@@H]1CCN(C(=O)NC[C@H](c2cnn(C)c2)N(C)C)[C@H]1CO. The Bertz CT molecular complexity index is 502. The monoisotopic (exact) mass is 309 g/mol. The van der Waals surface area contributed by atoms with Gasteiger partial charge in [-0.1, -0.05) is 6.92 Å². The lowest BCUT2D eigenvalue weighted by molar-refractivity contribution is 0.142. The van der Waals surface area contributed by atoms with Crippen LogP contribution in [-0.2, 0) is 7.05 Å². The molecule has 2 amide bonds. The molecular weight excluding hydrogens is 282 g/mol. The minimum atomic E-state index is -0.0980. The molecule has 7 heteroatoms. The molecule has 1 aromatic heterocycles. The van der Waals surface area contributed by atoms with Gasteiger partial charge in [0, 0.05) is 31.9 Å². The third-order valence-electron chi connectivity index (χ3n) is 4.51. The zero-order valence-electron chi connectivity index (χ0n) is 13.9. The molecule has 0 spiro atoms. The molecule has 1 saturated heterocycles. The van der Waals surface area contributed by atoms with Gasteiger partial charge in [0.2, 0.25) is 0 Å². The van der Waals surface area contributed by atoms with E-state index in [0.29, 0.717) is 19.0 Å². The van der Waals surface area contributed by atoms with Crippen molar-refractivity contribution < 1.29 is 9.90 Å². The first-order valence-electron chi connectivity index (χ1n) is 7.74. The third-order valence-corrected chi connectivity index (χ3v) is 4.51. The van der Waals surface area contributed by atoms with E-state index in [9.17, 15) is 9.90 Å². The topological polar surface area (TPSA) is 73.6 Å². The smallest absolute Gasteiger partial charge is 0.317 e. The highest BCUT2D eigenvalue weighted by molar-refractivity contribution is 5.75. The Morgan fingerprint density at radius 2 is 2.32 bits per heavy atom. The highest BCUT2D eigenvalue weighted by atomic mass is 16.3. The van der Waals surface area contributed by atoms with Crippen molar-refractivity contribution in [1.82, 2.24) is 24.9 Å². The van der Waals surface area contributed by atoms with Gasteiger partial charge in [-0.3, -0.25) is 4.68 Å². The maximum atomic E-state index is 12.4. The quantitative estimate of drug-likeness (QED) is 0.827. The molecule has 0 bridgehead atoms. The summed E-state index contributed by atoms with van der Waals surface area (Å²) in [5.41, 5.74) is 1.07. The van der Waals surface area contributed by atoms with E-state index in [2.05, 4.69) is 22.2 Å². The first-order valence-corrected chi connectivity index (χ1v) is 7.74. The maximum absolute atomic E-state index is 12.4. The van der Waals surface area contributed by atoms with Gasteiger partial charge in [-0.15, -0.1) is 0 Å². The largest absolute Gasteiger partial charge is 0.394 e. The number of urea groups is 1. The number of amides is 2. The molecule has 2 heterocycles. The zero-order valence-corrected chi connectivity index (χ0v) is 13.9. The number of carbonyl (C=O) groups excluding carboxylic acids is 1. The summed E-state index contributed by atoms with van der Waals surface area (Å²) >= 11 is 0. The lowest BCUT2D eigenvalue weighted by atomic mass is 10.0. The second kappa shape index (κ2) is 7.11. The fourth-order valence-electron chi connectivity index (χ4n) is 3.04. The van der Waals surface area contributed by atoms with Crippen LogP contribution < -0.4 is 5.32 Å². The van der Waals surface area contributed by atoms with Crippen LogP contribution in [0.25, 0.3) is 0 Å². The van der Waals surface area contributed by atoms with Gasteiger partial charge in [0.15, 0.2) is 0 Å². The number of aromatic nitrogens is 2. The highest BCUT2D eigenvalue weighted by Crippen LogP contribution is 2.23. The number of nitrogens with zero attached hydrogens (tertiary/aromatic N) is 4. The molecule has 0 unspecified atom stereocenters. The van der Waals surface area contributed by atoms with Gasteiger partial charge in [-0.25, -0.2) is 4.79 Å². The fourth-order valence-corrected chi connectivity index (χ4v) is 3.04. The average Bonchev–Trinajstić information content (AvgIpc) is 3.04. The predicted molar refractivity (Wildman–Crippen MR) is 84.4 cm³/mol. The van der Waals surface area contributed by atoms with Crippen LogP contribution in [0.3, 0.4) is 0 Å². The molecular formula is C15H27N5O2. The normalized spacial score (nSPS) is 23.1. The van der Waals surface area contributed by atoms with Crippen LogP contribution in [0.4, 0.5) is 4.79 Å². The summed E-state index contributed by atoms with van der Waals surface area (Å²) in [5, 5.41) is 16.7. The first-order chi connectivity index (χ1) is 10.4. The molecule has 1 fully saturated rings. The van der Waals surface area contributed by atoms with Gasteiger partial charge in [-0.2, -0.15) is 5.10 Å². The Morgan fingerprint density at radius 1 is 1.59 bits per heavy atom. The molecule has 22 heavy (non-hydrogen) atoms. The van der Waals surface area contributed by atoms with Crippen molar-refractivity contribution in [2.75, 3.05) is 33.8 Å². The van der Waals surface area contributed by atoms with E-state index in [-0.39, 0.29) is 24.7 Å². The number of nitrogens with one attached hydrogen (secondary N) is 1. The number of hydrogen-bond donors (Lipinski definition) is 2. The van der Waals surface area contributed by atoms with E-state index in [1.165, 1.54) is 0 Å². The molecule has 7 nitrogen and oxygen atoms in total. The van der Waals surface area contributed by atoms with Gasteiger partial charge < -0.3 is 20.2 Å². The molecule has 0 saturated carbocycles. The van der Waals surface area contributed by atoms with Crippen LogP contribution >= 0.6 is 0 Å². The van der Waals surface area contributed by atoms with Crippen LogP contribution in [0.1, 0.15) is 24.9 Å². The number of carbonyl (C=O) groups is 1. The zero-order chi connectivity index (χ0) is 16.3. The Kier molecular flexibility index (Phi) is 5.42. The Morgan fingerprint density at radius 3 is 2.86 bits per heavy atom. The van der Waals surface area contributed by atoms with E-state index in [1.807, 2.05) is 33.5 Å². The Hall–Kier alpha value is -1.60. The van der Waals surface area contributed by atoms with E-state index < -0.39 is 0 Å². The van der Waals surface area contributed by atoms with Gasteiger partial charge in [0.05, 0.1) is 24.9 Å². The van der Waals surface area contributed by atoms with Crippen molar-refractivity contribution in [3.63, 3.8) is 0 Å². The van der Waals surface area contributed by atoms with Crippen LogP contribution in [0, 0.1) is 5.92 Å². The molecule has 3 atom stereocenters. The molecule has 0 aliphatic carbocycles. The minimum Gasteiger partial charge on any atom is -0.394 e. The molecule has 1 aromatic rings. The van der Waals surface area contributed by atoms with Gasteiger partial charge in [0.25, 0.3) is 0 Å². The molecule has 0 radical (unpaired) electrons. The number of likely N-dealkylation sites (N-methyl/N-ethyl adjacent to an activating group) is 1. The summed E-state index contributed by atoms with van der Waals surface area (Å²) in [7, 11) is 5.85. The van der Waals surface area contributed by atoms with Crippen molar-refractivity contribution >= 4 is 6.03 Å². The summed E-state index contributed by atoms with van der Waals surface area (Å²) in [5.74, 6) is 0.346. The second-order valence-corrected chi connectivity index (χ2v) is 6.32. The minimum absolute atomic E-state index is 0.0221. The molecule has 0 aromatic carbocycles. The molecule has 124 valence electrons. The summed E-state index contributed by atoms with van der Waals surface area (Å²) in [6.45, 7) is 3.32. The van der Waals surface area contributed by atoms with Crippen molar-refractivity contribution in [3.05, 3.63) is 18.0 Å². The lowest BCUT2D eigenvalue weighted by Crippen LogP contribution is -2.47. The van der Waals surface area contributed by atoms with E-state index in [4.69, 9.17) is 0 Å². The second-order valence-electron chi connectivity index (χ2n) is 6.32. The number of rotatable bonds is 5. The van der Waals surface area contributed by atoms with Gasteiger partial charge >= 0.3 is 6.03 Å². The predicted octanol–water partition coefficient (Wildman–Crippen LogP) is 0.435. The number of likely N-dealkylation sites (tertiary alicyclic amines) is 1. The molecule has 1 aliphatic heterocycles. The van der Waals surface area contributed by atoms with Crippen LogP contribution in [0.2, 0.25) is 0 Å². The van der Waals surface area contributed by atoms with Gasteiger partial charge in [0.1, 0.15) is 0 Å². The molecule has 1 aliphatic rings. The number of hydrogen-bond acceptors (Lipinski definition) is 4. The summed E-state index contributed by atoms with van der Waals surface area (Å²) in [6, 6.07) is -0.0967. The van der Waals surface area contributed by atoms with Crippen LogP contribution in [-0.4, -0.2) is 70.6 Å². The van der Waals surface area contributed by atoms with Crippen molar-refractivity contribution in [3.8, 4) is 0 Å². The average molecular weight is 309 g/mol. The van der Waals surface area contributed by atoms with E-state index >= 15 is 0 Å². The lowest BCUT2D eigenvalue weighted by Gasteiger charge is -2.28. The highest BCUT2D eigenvalue weighted by Gasteiger charge is 2.34. The number of aliphatic hydroxyl groups is 1. The first kappa shape index (κ1) is 16.8. The van der Waals surface area contributed by atoms with Crippen molar-refractivity contribution in [1.29, 1.82) is 0 Å². The summed E-state index contributed by atoms with van der Waals surface area (Å²) in [6.07, 6.45) is 4.73. The molecule has 2 N–H and O–H groups in total. The Labute approximate surface area is 131 Å². The van der Waals surface area contributed by atoms with E-state index in [0.717, 1.165) is 12.0 Å². The summed E-state index contributed by atoms with van der Waals surface area (Å²) in [4.78, 5) is 16.2. The Balaban J connectivity index is 1.96. The summed E-state index contributed by atoms with van der Waals surface area (Å²) < 4.78 is 1.76. The van der Waals surface area contributed by atoms with Gasteiger partial charge in [-0.05, 0) is 26.4 Å².